The van der Waals surface area contributed by atoms with Crippen molar-refractivity contribution >= 4 is 17.6 Å². The molecule has 0 saturated carbocycles. The first-order valence-electron chi connectivity index (χ1n) is 5.88. The Kier molecular flexibility index (Phi) is 5.45. The van der Waals surface area contributed by atoms with Crippen LogP contribution in [0.4, 0.5) is 5.69 Å². The van der Waals surface area contributed by atoms with Crippen molar-refractivity contribution in [3.05, 3.63) is 40.7 Å². The fourth-order valence-electron chi connectivity index (χ4n) is 1.52. The SMILES string of the molecule is C=CCN(CC(=O)OCC)C(=O)c1cc([N+](=O)[O-])c[nH]1. The second-order valence-corrected chi connectivity index (χ2v) is 3.81. The number of hydrogen-bond acceptors (Lipinski definition) is 5. The molecule has 1 heterocycles. The minimum atomic E-state index is -0.615. The number of H-pyrrole nitrogens is 1. The molecule has 0 aliphatic carbocycles. The molecule has 0 saturated heterocycles. The van der Waals surface area contributed by atoms with Gasteiger partial charge in [0.05, 0.1) is 17.7 Å². The van der Waals surface area contributed by atoms with E-state index >= 15 is 0 Å². The Morgan fingerprint density at radius 2 is 2.30 bits per heavy atom. The average Bonchev–Trinajstić information content (AvgIpc) is 2.87. The quantitative estimate of drug-likeness (QED) is 0.349. The molecule has 0 bridgehead atoms. The fraction of sp³-hybridized carbons (Fsp3) is 0.333. The third-order valence-corrected chi connectivity index (χ3v) is 2.37. The van der Waals surface area contributed by atoms with E-state index < -0.39 is 16.8 Å². The van der Waals surface area contributed by atoms with Crippen molar-refractivity contribution in [2.45, 2.75) is 6.92 Å². The fourth-order valence-corrected chi connectivity index (χ4v) is 1.52. The van der Waals surface area contributed by atoms with Crippen molar-refractivity contribution in [3.63, 3.8) is 0 Å². The molecule has 1 amide bonds. The van der Waals surface area contributed by atoms with Gasteiger partial charge in [0, 0.05) is 12.6 Å². The van der Waals surface area contributed by atoms with Crippen LogP contribution in [0.15, 0.2) is 24.9 Å². The van der Waals surface area contributed by atoms with Gasteiger partial charge in [-0.15, -0.1) is 6.58 Å². The Balaban J connectivity index is 2.84. The summed E-state index contributed by atoms with van der Waals surface area (Å²) in [6, 6.07) is 1.11. The van der Waals surface area contributed by atoms with Crippen LogP contribution >= 0.6 is 0 Å². The van der Waals surface area contributed by atoms with E-state index in [0.29, 0.717) is 0 Å². The highest BCUT2D eigenvalue weighted by Gasteiger charge is 2.21. The molecule has 8 heteroatoms. The summed E-state index contributed by atoms with van der Waals surface area (Å²) in [5, 5.41) is 10.6. The predicted octanol–water partition coefficient (Wildman–Crippen LogP) is 1.11. The van der Waals surface area contributed by atoms with Crippen molar-refractivity contribution in [2.75, 3.05) is 19.7 Å². The van der Waals surface area contributed by atoms with Gasteiger partial charge in [-0.25, -0.2) is 0 Å². The van der Waals surface area contributed by atoms with Crippen LogP contribution in [-0.4, -0.2) is 46.4 Å². The number of hydrogen-bond donors (Lipinski definition) is 1. The van der Waals surface area contributed by atoms with E-state index in [1.54, 1.807) is 6.92 Å². The lowest BCUT2D eigenvalue weighted by Gasteiger charge is -2.19. The highest BCUT2D eigenvalue weighted by molar-refractivity contribution is 5.95. The molecule has 1 rings (SSSR count). The minimum absolute atomic E-state index is 0.0304. The molecule has 1 aromatic heterocycles. The first-order chi connectivity index (χ1) is 9.49. The molecule has 0 fully saturated rings. The topological polar surface area (TPSA) is 106 Å². The second kappa shape index (κ2) is 7.07. The number of aromatic nitrogens is 1. The van der Waals surface area contributed by atoms with Gasteiger partial charge < -0.3 is 14.6 Å². The van der Waals surface area contributed by atoms with Gasteiger partial charge in [0.1, 0.15) is 12.2 Å². The van der Waals surface area contributed by atoms with Gasteiger partial charge in [0.25, 0.3) is 11.6 Å². The van der Waals surface area contributed by atoms with Gasteiger partial charge in [0.2, 0.25) is 0 Å². The standard InChI is InChI=1S/C12H15N3O5/c1-3-5-14(8-11(16)20-4-2)12(17)10-6-9(7-13-10)15(18)19/h3,6-7,13H,1,4-5,8H2,2H3. The first-order valence-corrected chi connectivity index (χ1v) is 5.88. The maximum absolute atomic E-state index is 12.1. The van der Waals surface area contributed by atoms with E-state index in [0.717, 1.165) is 12.3 Å². The van der Waals surface area contributed by atoms with E-state index in [9.17, 15) is 19.7 Å². The lowest BCUT2D eigenvalue weighted by Crippen LogP contribution is -2.36. The van der Waals surface area contributed by atoms with Crippen molar-refractivity contribution in [2.24, 2.45) is 0 Å². The predicted molar refractivity (Wildman–Crippen MR) is 70.2 cm³/mol. The van der Waals surface area contributed by atoms with Crippen LogP contribution in [0.2, 0.25) is 0 Å². The van der Waals surface area contributed by atoms with E-state index in [2.05, 4.69) is 11.6 Å². The Morgan fingerprint density at radius 3 is 2.80 bits per heavy atom. The van der Waals surface area contributed by atoms with E-state index in [4.69, 9.17) is 4.74 Å². The highest BCUT2D eigenvalue weighted by atomic mass is 16.6. The van der Waals surface area contributed by atoms with Gasteiger partial charge in [-0.1, -0.05) is 6.08 Å². The summed E-state index contributed by atoms with van der Waals surface area (Å²) >= 11 is 0. The van der Waals surface area contributed by atoms with Crippen LogP contribution < -0.4 is 0 Å². The van der Waals surface area contributed by atoms with Crippen molar-refractivity contribution < 1.29 is 19.2 Å². The molecule has 1 N–H and O–H groups in total. The maximum atomic E-state index is 12.1. The van der Waals surface area contributed by atoms with E-state index in [1.165, 1.54) is 11.0 Å². The summed E-state index contributed by atoms with van der Waals surface area (Å²) in [6.07, 6.45) is 2.57. The van der Waals surface area contributed by atoms with Crippen LogP contribution in [0.1, 0.15) is 17.4 Å². The summed E-state index contributed by atoms with van der Waals surface area (Å²) in [5.41, 5.74) is -0.189. The Hall–Kier alpha value is -2.64. The molecular formula is C12H15N3O5. The molecular weight excluding hydrogens is 266 g/mol. The number of aromatic amines is 1. The molecule has 108 valence electrons. The Morgan fingerprint density at radius 1 is 1.60 bits per heavy atom. The van der Waals surface area contributed by atoms with Gasteiger partial charge in [-0.3, -0.25) is 19.7 Å². The number of nitrogens with one attached hydrogen (secondary N) is 1. The zero-order valence-corrected chi connectivity index (χ0v) is 11.0. The molecule has 0 spiro atoms. The van der Waals surface area contributed by atoms with Crippen LogP contribution in [-0.2, 0) is 9.53 Å². The zero-order valence-electron chi connectivity index (χ0n) is 11.0. The van der Waals surface area contributed by atoms with Crippen LogP contribution in [0.25, 0.3) is 0 Å². The number of carbonyl (C=O) groups is 2. The van der Waals surface area contributed by atoms with Gasteiger partial charge in [-0.2, -0.15) is 0 Å². The van der Waals surface area contributed by atoms with Gasteiger partial charge in [0.15, 0.2) is 0 Å². The zero-order chi connectivity index (χ0) is 15.1. The number of amides is 1. The average molecular weight is 281 g/mol. The molecule has 1 aromatic rings. The molecule has 0 unspecified atom stereocenters. The number of esters is 1. The molecule has 0 radical (unpaired) electrons. The van der Waals surface area contributed by atoms with Crippen LogP contribution in [0.5, 0.6) is 0 Å². The molecule has 0 aromatic carbocycles. The summed E-state index contributed by atoms with van der Waals surface area (Å²) in [6.45, 7) is 5.25. The third-order valence-electron chi connectivity index (χ3n) is 2.37. The smallest absolute Gasteiger partial charge is 0.325 e. The molecule has 20 heavy (non-hydrogen) atoms. The Labute approximate surface area is 115 Å². The van der Waals surface area contributed by atoms with E-state index in [1.807, 2.05) is 0 Å². The summed E-state index contributed by atoms with van der Waals surface area (Å²) < 4.78 is 4.76. The number of nitrogens with zero attached hydrogens (tertiary/aromatic N) is 2. The lowest BCUT2D eigenvalue weighted by atomic mass is 10.3. The molecule has 0 atom stereocenters. The number of ether oxygens (including phenoxy) is 1. The van der Waals surface area contributed by atoms with Crippen molar-refractivity contribution in [3.8, 4) is 0 Å². The molecule has 8 nitrogen and oxygen atoms in total. The van der Waals surface area contributed by atoms with Crippen LogP contribution in [0.3, 0.4) is 0 Å². The minimum Gasteiger partial charge on any atom is -0.465 e. The van der Waals surface area contributed by atoms with Gasteiger partial charge in [-0.05, 0) is 6.92 Å². The number of carbonyl (C=O) groups excluding carboxylic acids is 2. The largest absolute Gasteiger partial charge is 0.465 e. The summed E-state index contributed by atoms with van der Waals surface area (Å²) in [5.74, 6) is -1.09. The summed E-state index contributed by atoms with van der Waals surface area (Å²) in [4.78, 5) is 37.2. The lowest BCUT2D eigenvalue weighted by molar-refractivity contribution is -0.384. The summed E-state index contributed by atoms with van der Waals surface area (Å²) in [7, 11) is 0. The second-order valence-electron chi connectivity index (χ2n) is 3.81. The van der Waals surface area contributed by atoms with Crippen LogP contribution in [0, 0.1) is 10.1 Å². The van der Waals surface area contributed by atoms with Crippen molar-refractivity contribution in [1.82, 2.24) is 9.88 Å². The highest BCUT2D eigenvalue weighted by Crippen LogP contribution is 2.14. The molecule has 0 aliphatic rings. The van der Waals surface area contributed by atoms with Crippen molar-refractivity contribution in [1.29, 1.82) is 0 Å². The number of rotatable bonds is 7. The first kappa shape index (κ1) is 15.4. The molecule has 0 aliphatic heterocycles. The number of nitro groups is 1. The van der Waals surface area contributed by atoms with Gasteiger partial charge >= 0.3 is 5.97 Å². The Bertz CT molecular complexity index is 523. The normalized spacial score (nSPS) is 9.85. The van der Waals surface area contributed by atoms with E-state index in [-0.39, 0.29) is 31.1 Å². The maximum Gasteiger partial charge on any atom is 0.325 e. The monoisotopic (exact) mass is 281 g/mol. The third kappa shape index (κ3) is 3.94.